The van der Waals surface area contributed by atoms with Crippen molar-refractivity contribution in [2.45, 2.75) is 33.1 Å². The highest BCUT2D eigenvalue weighted by Gasteiger charge is 2.29. The average Bonchev–Trinajstić information content (AvgIpc) is 2.87. The van der Waals surface area contributed by atoms with Crippen molar-refractivity contribution in [2.75, 3.05) is 13.1 Å². The molecule has 0 aromatic heterocycles. The summed E-state index contributed by atoms with van der Waals surface area (Å²) in [6.07, 6.45) is 3.44. The maximum Gasteiger partial charge on any atom is 0.176 e. The molecule has 0 N–H and O–H groups in total. The number of halogens is 1. The molecule has 1 nitrogen and oxygen atoms in total. The molecule has 1 aliphatic carbocycles. The summed E-state index contributed by atoms with van der Waals surface area (Å²) in [6, 6.07) is 18.0. The number of nitrogens with zero attached hydrogens (tertiary/aromatic N) is 1. The lowest BCUT2D eigenvalue weighted by molar-refractivity contribution is -0.516. The molecule has 1 aliphatic heterocycles. The van der Waals surface area contributed by atoms with Crippen LogP contribution in [0.15, 0.2) is 54.1 Å². The van der Waals surface area contributed by atoms with Crippen LogP contribution in [0.25, 0.3) is 5.57 Å². The van der Waals surface area contributed by atoms with Crippen LogP contribution in [-0.4, -0.2) is 23.4 Å². The fourth-order valence-corrected chi connectivity index (χ4v) is 4.19. The van der Waals surface area contributed by atoms with Gasteiger partial charge in [-0.15, -0.1) is 0 Å². The van der Waals surface area contributed by atoms with E-state index in [-0.39, 0.29) is 24.0 Å². The van der Waals surface area contributed by atoms with E-state index in [1.807, 2.05) is 0 Å². The van der Waals surface area contributed by atoms with Gasteiger partial charge in [0.15, 0.2) is 5.71 Å². The second kappa shape index (κ2) is 7.22. The van der Waals surface area contributed by atoms with Crippen molar-refractivity contribution < 1.29 is 28.6 Å². The van der Waals surface area contributed by atoms with Crippen LogP contribution in [0.1, 0.15) is 42.5 Å². The first-order chi connectivity index (χ1) is 11.3. The zero-order chi connectivity index (χ0) is 15.8. The average molecular weight is 429 g/mol. The highest BCUT2D eigenvalue weighted by Crippen LogP contribution is 2.37. The third kappa shape index (κ3) is 2.85. The van der Waals surface area contributed by atoms with Crippen molar-refractivity contribution in [3.63, 3.8) is 0 Å². The zero-order valence-electron chi connectivity index (χ0n) is 14.5. The molecule has 0 atom stereocenters. The topological polar surface area (TPSA) is 3.01 Å². The van der Waals surface area contributed by atoms with Gasteiger partial charge in [-0.1, -0.05) is 48.5 Å². The van der Waals surface area contributed by atoms with Gasteiger partial charge in [-0.05, 0) is 47.6 Å². The van der Waals surface area contributed by atoms with E-state index in [0.717, 1.165) is 32.4 Å². The fraction of sp³-hybridized carbons (Fsp3) is 0.318. The summed E-state index contributed by atoms with van der Waals surface area (Å²) >= 11 is 0. The van der Waals surface area contributed by atoms with Gasteiger partial charge in [-0.25, -0.2) is 4.58 Å². The second-order valence-electron chi connectivity index (χ2n) is 6.58. The first-order valence-electron chi connectivity index (χ1n) is 8.78. The number of fused-ring (bicyclic) bond motifs is 2. The van der Waals surface area contributed by atoms with Gasteiger partial charge in [-0.2, -0.15) is 0 Å². The number of aryl methyl sites for hydroxylation is 2. The van der Waals surface area contributed by atoms with Crippen LogP contribution in [0, 0.1) is 0 Å². The highest BCUT2D eigenvalue weighted by atomic mass is 127. The van der Waals surface area contributed by atoms with Gasteiger partial charge in [0.1, 0.15) is 13.1 Å². The summed E-state index contributed by atoms with van der Waals surface area (Å²) in [5, 5.41) is 0. The van der Waals surface area contributed by atoms with E-state index in [2.05, 4.69) is 67.0 Å². The zero-order valence-corrected chi connectivity index (χ0v) is 16.6. The van der Waals surface area contributed by atoms with Crippen LogP contribution in [0.2, 0.25) is 0 Å². The minimum absolute atomic E-state index is 0. The lowest BCUT2D eigenvalue weighted by Crippen LogP contribution is -3.00. The second-order valence-corrected chi connectivity index (χ2v) is 6.58. The van der Waals surface area contributed by atoms with Crippen molar-refractivity contribution in [3.05, 3.63) is 76.4 Å². The molecule has 0 spiro atoms. The molecule has 24 heavy (non-hydrogen) atoms. The van der Waals surface area contributed by atoms with Crippen molar-refractivity contribution in [3.8, 4) is 0 Å². The maximum atomic E-state index is 2.51. The Balaban J connectivity index is 0.00000169. The molecule has 124 valence electrons. The van der Waals surface area contributed by atoms with Gasteiger partial charge < -0.3 is 24.0 Å². The largest absolute Gasteiger partial charge is 1.00 e. The maximum absolute atomic E-state index is 2.51. The van der Waals surface area contributed by atoms with Crippen molar-refractivity contribution in [2.24, 2.45) is 0 Å². The first kappa shape index (κ1) is 17.4. The molecule has 2 heteroatoms. The molecular weight excluding hydrogens is 405 g/mol. The van der Waals surface area contributed by atoms with E-state index in [4.69, 9.17) is 0 Å². The van der Waals surface area contributed by atoms with Crippen LogP contribution < -0.4 is 24.0 Å². The Hall–Kier alpha value is -1.42. The van der Waals surface area contributed by atoms with E-state index in [9.17, 15) is 0 Å². The third-order valence-electron chi connectivity index (χ3n) is 5.46. The molecule has 2 aliphatic rings. The third-order valence-corrected chi connectivity index (χ3v) is 5.46. The predicted octanol–water partition coefficient (Wildman–Crippen LogP) is 1.49. The summed E-state index contributed by atoms with van der Waals surface area (Å²) in [6.45, 7) is 6.82. The Labute approximate surface area is 162 Å². The van der Waals surface area contributed by atoms with Crippen molar-refractivity contribution in [1.82, 2.24) is 0 Å². The summed E-state index contributed by atoms with van der Waals surface area (Å²) in [7, 11) is 0. The Morgan fingerprint density at radius 3 is 1.88 bits per heavy atom. The van der Waals surface area contributed by atoms with E-state index in [0.29, 0.717) is 0 Å². The Kier molecular flexibility index (Phi) is 5.24. The van der Waals surface area contributed by atoms with Gasteiger partial charge in [-0.3, -0.25) is 0 Å². The molecule has 2 aromatic rings. The molecule has 0 amide bonds. The molecule has 2 aromatic carbocycles. The molecule has 0 unspecified atom stereocenters. The molecule has 1 heterocycles. The van der Waals surface area contributed by atoms with Crippen LogP contribution in [-0.2, 0) is 12.8 Å². The Morgan fingerprint density at radius 1 is 0.833 bits per heavy atom. The van der Waals surface area contributed by atoms with Gasteiger partial charge in [0.2, 0.25) is 0 Å². The quantitative estimate of drug-likeness (QED) is 0.478. The van der Waals surface area contributed by atoms with E-state index in [1.54, 1.807) is 5.57 Å². The van der Waals surface area contributed by atoms with Crippen LogP contribution in [0.3, 0.4) is 0 Å². The monoisotopic (exact) mass is 429 g/mol. The molecule has 0 bridgehead atoms. The number of benzene rings is 2. The molecule has 0 radical (unpaired) electrons. The van der Waals surface area contributed by atoms with Crippen LogP contribution in [0.4, 0.5) is 0 Å². The smallest absolute Gasteiger partial charge is 0.176 e. The van der Waals surface area contributed by atoms with Gasteiger partial charge >= 0.3 is 0 Å². The van der Waals surface area contributed by atoms with E-state index < -0.39 is 0 Å². The first-order valence-corrected chi connectivity index (χ1v) is 8.78. The Morgan fingerprint density at radius 2 is 1.38 bits per heavy atom. The normalized spacial score (nSPS) is 16.4. The van der Waals surface area contributed by atoms with Crippen molar-refractivity contribution >= 4 is 11.3 Å². The summed E-state index contributed by atoms with van der Waals surface area (Å²) in [5.41, 5.74) is 10.4. The summed E-state index contributed by atoms with van der Waals surface area (Å²) in [4.78, 5) is 0. The van der Waals surface area contributed by atoms with Crippen molar-refractivity contribution in [1.29, 1.82) is 0 Å². The molecular formula is C22H24IN. The molecule has 0 fully saturated rings. The number of hydrogen-bond donors (Lipinski definition) is 0. The van der Waals surface area contributed by atoms with Crippen LogP contribution >= 0.6 is 0 Å². The summed E-state index contributed by atoms with van der Waals surface area (Å²) < 4.78 is 2.51. The number of rotatable bonds is 1. The molecule has 0 saturated heterocycles. The van der Waals surface area contributed by atoms with Gasteiger partial charge in [0.05, 0.1) is 0 Å². The minimum atomic E-state index is 0. The minimum Gasteiger partial charge on any atom is -1.00 e. The van der Waals surface area contributed by atoms with Gasteiger partial charge in [0, 0.05) is 18.9 Å². The van der Waals surface area contributed by atoms with E-state index in [1.165, 1.54) is 33.5 Å². The van der Waals surface area contributed by atoms with E-state index >= 15 is 0 Å². The van der Waals surface area contributed by atoms with Gasteiger partial charge in [0.25, 0.3) is 0 Å². The standard InChI is InChI=1S/C22H24N.HI/c1-3-23-15-14-19(16(23)2)22-20-10-6-4-8-17(20)12-13-18-9-5-7-11-21(18)22;/h4-11H,3,12-15H2,1-2H3;1H/q+1;/p-1. The molecule has 4 rings (SSSR count). The number of hydrogen-bond acceptors (Lipinski definition) is 0. The SMILES string of the molecule is CC[N+]1=C(C)C(=C2c3ccccc3CCc3ccccc32)CC1.[I-]. The highest BCUT2D eigenvalue weighted by molar-refractivity contribution is 6.06. The Bertz CT molecular complexity index is 780. The van der Waals surface area contributed by atoms with Crippen LogP contribution in [0.5, 0.6) is 0 Å². The fourth-order valence-electron chi connectivity index (χ4n) is 4.19. The predicted molar refractivity (Wildman–Crippen MR) is 97.3 cm³/mol. The summed E-state index contributed by atoms with van der Waals surface area (Å²) in [5.74, 6) is 0. The lowest BCUT2D eigenvalue weighted by Gasteiger charge is -2.14. The molecule has 0 saturated carbocycles. The lowest BCUT2D eigenvalue weighted by atomic mass is 9.88.